The number of benzene rings is 1. The van der Waals surface area contributed by atoms with Crippen molar-refractivity contribution < 1.29 is 22.5 Å². The maximum absolute atomic E-state index is 14.1. The van der Waals surface area contributed by atoms with Crippen molar-refractivity contribution in [2.24, 2.45) is 0 Å². The van der Waals surface area contributed by atoms with E-state index in [2.05, 4.69) is 15.6 Å². The molecule has 0 bridgehead atoms. The SMILES string of the molecule is CC1=C(C(=O)N2CCC[C@H]2c2cc(C)no2)[C@@H](c2nc3ccccc3s2)n2nc(C(F)(F)F)cc2N1. The van der Waals surface area contributed by atoms with Crippen LogP contribution < -0.4 is 5.32 Å². The van der Waals surface area contributed by atoms with Crippen molar-refractivity contribution in [1.29, 1.82) is 0 Å². The number of nitrogens with one attached hydrogen (secondary N) is 1. The molecular weight excluding hydrogens is 493 g/mol. The van der Waals surface area contributed by atoms with Gasteiger partial charge in [-0.3, -0.25) is 4.79 Å². The Bertz CT molecular complexity index is 1480. The van der Waals surface area contributed by atoms with Crippen molar-refractivity contribution in [3.05, 3.63) is 69.8 Å². The number of para-hydroxylation sites is 1. The highest BCUT2D eigenvalue weighted by Crippen LogP contribution is 2.43. The molecule has 5 heterocycles. The summed E-state index contributed by atoms with van der Waals surface area (Å²) in [4.78, 5) is 20.5. The summed E-state index contributed by atoms with van der Waals surface area (Å²) in [6.07, 6.45) is -3.16. The van der Waals surface area contributed by atoms with Gasteiger partial charge in [0.1, 0.15) is 16.9 Å². The minimum absolute atomic E-state index is 0.157. The third kappa shape index (κ3) is 3.67. The molecule has 12 heteroatoms. The van der Waals surface area contributed by atoms with E-state index >= 15 is 0 Å². The molecule has 0 aliphatic carbocycles. The fourth-order valence-electron chi connectivity index (χ4n) is 4.92. The molecule has 2 atom stereocenters. The number of allylic oxidation sites excluding steroid dienone is 1. The van der Waals surface area contributed by atoms with Crippen LogP contribution in [-0.2, 0) is 11.0 Å². The van der Waals surface area contributed by atoms with Crippen molar-refractivity contribution >= 4 is 33.3 Å². The number of thiazole rings is 1. The number of nitrogens with zero attached hydrogens (tertiary/aromatic N) is 5. The van der Waals surface area contributed by atoms with Gasteiger partial charge in [0.05, 0.1) is 27.5 Å². The first-order valence-electron chi connectivity index (χ1n) is 11.4. The monoisotopic (exact) mass is 514 g/mol. The van der Waals surface area contributed by atoms with Gasteiger partial charge in [-0.1, -0.05) is 17.3 Å². The summed E-state index contributed by atoms with van der Waals surface area (Å²) in [5, 5.41) is 11.3. The molecule has 6 rings (SSSR count). The van der Waals surface area contributed by atoms with Crippen molar-refractivity contribution in [1.82, 2.24) is 24.8 Å². The van der Waals surface area contributed by atoms with Gasteiger partial charge in [0, 0.05) is 24.4 Å². The first kappa shape index (κ1) is 22.8. The Morgan fingerprint density at radius 3 is 2.75 bits per heavy atom. The maximum atomic E-state index is 14.1. The smallest absolute Gasteiger partial charge is 0.359 e. The average molecular weight is 515 g/mol. The summed E-state index contributed by atoms with van der Waals surface area (Å²) in [5.41, 5.74) is 1.16. The van der Waals surface area contributed by atoms with Gasteiger partial charge in [-0.2, -0.15) is 18.3 Å². The predicted molar refractivity (Wildman–Crippen MR) is 126 cm³/mol. The number of hydrogen-bond acceptors (Lipinski definition) is 7. The quantitative estimate of drug-likeness (QED) is 0.391. The number of amides is 1. The molecule has 4 aromatic rings. The minimum atomic E-state index is -4.63. The molecule has 0 spiro atoms. The summed E-state index contributed by atoms with van der Waals surface area (Å²) in [7, 11) is 0. The second kappa shape index (κ2) is 8.19. The van der Waals surface area contributed by atoms with Gasteiger partial charge < -0.3 is 14.7 Å². The van der Waals surface area contributed by atoms with E-state index in [9.17, 15) is 18.0 Å². The first-order chi connectivity index (χ1) is 17.2. The number of anilines is 1. The van der Waals surface area contributed by atoms with Crippen LogP contribution in [0.3, 0.4) is 0 Å². The highest BCUT2D eigenvalue weighted by Gasteiger charge is 2.43. The van der Waals surface area contributed by atoms with Crippen molar-refractivity contribution in [2.75, 3.05) is 11.9 Å². The lowest BCUT2D eigenvalue weighted by Gasteiger charge is -2.32. The molecule has 8 nitrogen and oxygen atoms in total. The number of fused-ring (bicyclic) bond motifs is 2. The van der Waals surface area contributed by atoms with Gasteiger partial charge in [0.2, 0.25) is 0 Å². The normalized spacial score (nSPS) is 20.2. The van der Waals surface area contributed by atoms with Crippen LogP contribution in [0.4, 0.5) is 19.0 Å². The molecule has 2 aliphatic rings. The topological polar surface area (TPSA) is 89.1 Å². The molecule has 36 heavy (non-hydrogen) atoms. The Morgan fingerprint density at radius 2 is 2.03 bits per heavy atom. The Labute approximate surface area is 207 Å². The molecule has 1 saturated heterocycles. The van der Waals surface area contributed by atoms with Crippen LogP contribution in [0.25, 0.3) is 10.2 Å². The van der Waals surface area contributed by atoms with Crippen LogP contribution in [0.2, 0.25) is 0 Å². The van der Waals surface area contributed by atoms with E-state index in [1.807, 2.05) is 37.3 Å². The van der Waals surface area contributed by atoms with E-state index in [-0.39, 0.29) is 17.8 Å². The Hall–Kier alpha value is -3.67. The third-order valence-electron chi connectivity index (χ3n) is 6.53. The van der Waals surface area contributed by atoms with Crippen LogP contribution in [0.1, 0.15) is 54.0 Å². The van der Waals surface area contributed by atoms with Gasteiger partial charge in [-0.15, -0.1) is 11.3 Å². The number of aryl methyl sites for hydroxylation is 1. The number of alkyl halides is 3. The average Bonchev–Trinajstić information content (AvgIpc) is 3.61. The van der Waals surface area contributed by atoms with Crippen molar-refractivity contribution in [3.8, 4) is 0 Å². The van der Waals surface area contributed by atoms with E-state index in [0.717, 1.165) is 17.2 Å². The maximum Gasteiger partial charge on any atom is 0.435 e. The van der Waals surface area contributed by atoms with E-state index in [0.29, 0.717) is 46.2 Å². The highest BCUT2D eigenvalue weighted by atomic mass is 32.1. The first-order valence-corrected chi connectivity index (χ1v) is 12.3. The number of carbonyl (C=O) groups excluding carboxylic acids is 1. The predicted octanol–water partition coefficient (Wildman–Crippen LogP) is 5.46. The van der Waals surface area contributed by atoms with Gasteiger partial charge in [-0.05, 0) is 38.8 Å². The largest absolute Gasteiger partial charge is 0.435 e. The minimum Gasteiger partial charge on any atom is -0.359 e. The number of aromatic nitrogens is 4. The van der Waals surface area contributed by atoms with E-state index in [4.69, 9.17) is 9.51 Å². The molecular formula is C24H21F3N6O2S. The summed E-state index contributed by atoms with van der Waals surface area (Å²) < 4.78 is 48.3. The van der Waals surface area contributed by atoms with Crippen LogP contribution >= 0.6 is 11.3 Å². The molecule has 0 saturated carbocycles. The zero-order chi connectivity index (χ0) is 25.2. The lowest BCUT2D eigenvalue weighted by molar-refractivity contribution is -0.141. The third-order valence-corrected chi connectivity index (χ3v) is 7.62. The molecule has 186 valence electrons. The number of carbonyl (C=O) groups is 1. The lowest BCUT2D eigenvalue weighted by Crippen LogP contribution is -2.38. The van der Waals surface area contributed by atoms with Gasteiger partial charge in [0.25, 0.3) is 5.91 Å². The molecule has 1 aromatic carbocycles. The lowest BCUT2D eigenvalue weighted by atomic mass is 10.0. The Kier molecular flexibility index (Phi) is 5.18. The zero-order valence-corrected chi connectivity index (χ0v) is 20.2. The molecule has 0 radical (unpaired) electrons. The van der Waals surface area contributed by atoms with Crippen LogP contribution in [0.5, 0.6) is 0 Å². The fourth-order valence-corrected chi connectivity index (χ4v) is 5.99. The second-order valence-corrected chi connectivity index (χ2v) is 10.0. The van der Waals surface area contributed by atoms with Crippen LogP contribution in [0.15, 0.2) is 52.2 Å². The number of rotatable bonds is 3. The van der Waals surface area contributed by atoms with Crippen LogP contribution in [-0.4, -0.2) is 37.3 Å². The summed E-state index contributed by atoms with van der Waals surface area (Å²) in [6, 6.07) is 8.99. The Balaban J connectivity index is 1.48. The summed E-state index contributed by atoms with van der Waals surface area (Å²) in [6.45, 7) is 4.00. The summed E-state index contributed by atoms with van der Waals surface area (Å²) >= 11 is 1.34. The Morgan fingerprint density at radius 1 is 1.22 bits per heavy atom. The molecule has 1 fully saturated rings. The van der Waals surface area contributed by atoms with E-state index < -0.39 is 17.9 Å². The number of likely N-dealkylation sites (tertiary alicyclic amines) is 1. The van der Waals surface area contributed by atoms with E-state index in [1.54, 1.807) is 11.8 Å². The number of hydrogen-bond donors (Lipinski definition) is 1. The van der Waals surface area contributed by atoms with Gasteiger partial charge >= 0.3 is 6.18 Å². The molecule has 0 unspecified atom stereocenters. The second-order valence-electron chi connectivity index (χ2n) is 8.97. The highest BCUT2D eigenvalue weighted by molar-refractivity contribution is 7.18. The van der Waals surface area contributed by atoms with Gasteiger partial charge in [0.15, 0.2) is 11.5 Å². The van der Waals surface area contributed by atoms with Gasteiger partial charge in [-0.25, -0.2) is 9.67 Å². The molecule has 2 aliphatic heterocycles. The molecule has 3 aromatic heterocycles. The zero-order valence-electron chi connectivity index (χ0n) is 19.3. The van der Waals surface area contributed by atoms with E-state index in [1.165, 1.54) is 16.0 Å². The standard InChI is InChI=1S/C24H21F3N6O2S/c1-12-10-16(35-31-12)15-7-5-9-32(15)23(34)20-13(2)28-19-11-18(24(25,26)27)30-33(19)21(20)22-29-14-6-3-4-8-17(14)36-22/h3-4,6,8,10-11,15,21,28H,5,7,9H2,1-2H3/t15-,21-/m0/s1. The fraction of sp³-hybridized carbons (Fsp3) is 0.333. The molecule has 1 N–H and O–H groups in total. The summed E-state index contributed by atoms with van der Waals surface area (Å²) in [5.74, 6) is 0.455. The molecule has 1 amide bonds. The van der Waals surface area contributed by atoms with Crippen molar-refractivity contribution in [3.63, 3.8) is 0 Å². The van der Waals surface area contributed by atoms with Crippen LogP contribution in [0, 0.1) is 6.92 Å². The number of halogens is 3. The van der Waals surface area contributed by atoms with Crippen molar-refractivity contribution in [2.45, 2.75) is 44.9 Å².